The fourth-order valence-electron chi connectivity index (χ4n) is 3.15. The molecule has 0 radical (unpaired) electrons. The van der Waals surface area contributed by atoms with Crippen molar-refractivity contribution in [2.45, 2.75) is 45.1 Å². The Labute approximate surface area is 119 Å². The maximum absolute atomic E-state index is 12.3. The van der Waals surface area contributed by atoms with E-state index in [4.69, 9.17) is 0 Å². The Balaban J connectivity index is 1.75. The van der Waals surface area contributed by atoms with Gasteiger partial charge in [0.2, 0.25) is 0 Å². The molecule has 2 aliphatic rings. The van der Waals surface area contributed by atoms with Gasteiger partial charge in [0.1, 0.15) is 0 Å². The van der Waals surface area contributed by atoms with Crippen molar-refractivity contribution in [3.05, 3.63) is 29.3 Å². The number of benzene rings is 1. The Morgan fingerprint density at radius 1 is 1.25 bits per heavy atom. The van der Waals surface area contributed by atoms with E-state index in [2.05, 4.69) is 5.32 Å². The first-order chi connectivity index (χ1) is 9.65. The van der Waals surface area contributed by atoms with E-state index in [-0.39, 0.29) is 11.8 Å². The van der Waals surface area contributed by atoms with Crippen LogP contribution in [0, 0.1) is 0 Å². The molecule has 1 aromatic carbocycles. The van der Waals surface area contributed by atoms with E-state index in [1.807, 2.05) is 18.2 Å². The average molecular weight is 272 g/mol. The molecule has 3 rings (SSSR count). The number of hydrogen-bond donors (Lipinski definition) is 1. The number of carbonyl (C=O) groups is 2. The monoisotopic (exact) mass is 272 g/mol. The van der Waals surface area contributed by atoms with Gasteiger partial charge in [-0.1, -0.05) is 12.8 Å². The summed E-state index contributed by atoms with van der Waals surface area (Å²) in [6.45, 7) is 2.27. The van der Waals surface area contributed by atoms with Crippen LogP contribution in [-0.4, -0.2) is 24.4 Å². The van der Waals surface area contributed by atoms with Gasteiger partial charge in [0.15, 0.2) is 5.78 Å². The molecule has 1 aliphatic heterocycles. The van der Waals surface area contributed by atoms with E-state index in [1.54, 1.807) is 11.8 Å². The van der Waals surface area contributed by atoms with E-state index >= 15 is 0 Å². The first-order valence-electron chi connectivity index (χ1n) is 7.37. The van der Waals surface area contributed by atoms with E-state index < -0.39 is 0 Å². The van der Waals surface area contributed by atoms with Crippen molar-refractivity contribution >= 4 is 17.5 Å². The van der Waals surface area contributed by atoms with E-state index in [0.29, 0.717) is 12.6 Å². The van der Waals surface area contributed by atoms with Gasteiger partial charge in [-0.05, 0) is 49.9 Å². The number of ketones is 1. The molecule has 0 atom stereocenters. The van der Waals surface area contributed by atoms with Crippen LogP contribution in [0.3, 0.4) is 0 Å². The third-order valence-electron chi connectivity index (χ3n) is 4.31. The molecule has 1 N–H and O–H groups in total. The van der Waals surface area contributed by atoms with Crippen LogP contribution in [0.4, 0.5) is 10.5 Å². The Kier molecular flexibility index (Phi) is 3.47. The van der Waals surface area contributed by atoms with Crippen molar-refractivity contribution in [3.63, 3.8) is 0 Å². The third-order valence-corrected chi connectivity index (χ3v) is 4.31. The van der Waals surface area contributed by atoms with E-state index in [0.717, 1.165) is 36.1 Å². The predicted octanol–water partition coefficient (Wildman–Crippen LogP) is 2.90. The first kappa shape index (κ1) is 13.2. The van der Waals surface area contributed by atoms with Gasteiger partial charge >= 0.3 is 6.03 Å². The number of hydrogen-bond acceptors (Lipinski definition) is 2. The van der Waals surface area contributed by atoms with Crippen LogP contribution in [0.15, 0.2) is 18.2 Å². The molecule has 1 aliphatic carbocycles. The van der Waals surface area contributed by atoms with Gasteiger partial charge in [-0.25, -0.2) is 4.79 Å². The zero-order valence-electron chi connectivity index (χ0n) is 11.8. The van der Waals surface area contributed by atoms with Gasteiger partial charge in [0.25, 0.3) is 0 Å². The SMILES string of the molecule is CC(=O)c1ccc2c(c1)CCN2C(=O)NC1CCCC1. The van der Waals surface area contributed by atoms with E-state index in [1.165, 1.54) is 12.8 Å². The van der Waals surface area contributed by atoms with Crippen LogP contribution >= 0.6 is 0 Å². The minimum absolute atomic E-state index is 0.00576. The summed E-state index contributed by atoms with van der Waals surface area (Å²) >= 11 is 0. The maximum atomic E-state index is 12.3. The van der Waals surface area contributed by atoms with Crippen molar-refractivity contribution in [3.8, 4) is 0 Å². The standard InChI is InChI=1S/C16H20N2O2/c1-11(19)12-6-7-15-13(10-12)8-9-18(15)16(20)17-14-4-2-3-5-14/h6-7,10,14H,2-5,8-9H2,1H3,(H,17,20). The lowest BCUT2D eigenvalue weighted by molar-refractivity contribution is 0.101. The molecular formula is C16H20N2O2. The van der Waals surface area contributed by atoms with E-state index in [9.17, 15) is 9.59 Å². The number of fused-ring (bicyclic) bond motifs is 1. The van der Waals surface area contributed by atoms with Crippen LogP contribution in [0.25, 0.3) is 0 Å². The number of Topliss-reactive ketones (excluding diaryl/α,β-unsaturated/α-hetero) is 1. The number of amides is 2. The van der Waals surface area contributed by atoms with Crippen LogP contribution in [0.2, 0.25) is 0 Å². The van der Waals surface area contributed by atoms with Crippen molar-refractivity contribution in [2.75, 3.05) is 11.4 Å². The van der Waals surface area contributed by atoms with Gasteiger partial charge in [-0.15, -0.1) is 0 Å². The summed E-state index contributed by atoms with van der Waals surface area (Å²) in [6.07, 6.45) is 5.44. The second-order valence-electron chi connectivity index (χ2n) is 5.73. The lowest BCUT2D eigenvalue weighted by Crippen LogP contribution is -2.43. The molecule has 4 nitrogen and oxygen atoms in total. The highest BCUT2D eigenvalue weighted by Crippen LogP contribution is 2.29. The topological polar surface area (TPSA) is 49.4 Å². The Morgan fingerprint density at radius 2 is 2.00 bits per heavy atom. The Bertz CT molecular complexity index is 547. The van der Waals surface area contributed by atoms with Crippen LogP contribution in [0.5, 0.6) is 0 Å². The van der Waals surface area contributed by atoms with Crippen molar-refractivity contribution in [2.24, 2.45) is 0 Å². The molecule has 0 spiro atoms. The van der Waals surface area contributed by atoms with Crippen LogP contribution in [0.1, 0.15) is 48.5 Å². The van der Waals surface area contributed by atoms with Crippen LogP contribution in [-0.2, 0) is 6.42 Å². The fourth-order valence-corrected chi connectivity index (χ4v) is 3.15. The second kappa shape index (κ2) is 5.27. The Morgan fingerprint density at radius 3 is 2.70 bits per heavy atom. The van der Waals surface area contributed by atoms with Gasteiger partial charge in [0.05, 0.1) is 0 Å². The van der Waals surface area contributed by atoms with Gasteiger partial charge < -0.3 is 5.32 Å². The quantitative estimate of drug-likeness (QED) is 0.842. The number of nitrogens with zero attached hydrogens (tertiary/aromatic N) is 1. The average Bonchev–Trinajstić information content (AvgIpc) is 3.06. The first-order valence-corrected chi connectivity index (χ1v) is 7.37. The summed E-state index contributed by atoms with van der Waals surface area (Å²) in [6, 6.07) is 5.96. The summed E-state index contributed by atoms with van der Waals surface area (Å²) in [5, 5.41) is 3.12. The molecule has 2 amide bonds. The number of nitrogens with one attached hydrogen (secondary N) is 1. The smallest absolute Gasteiger partial charge is 0.322 e. The molecule has 0 bridgehead atoms. The number of anilines is 1. The summed E-state index contributed by atoms with van der Waals surface area (Å²) in [5.41, 5.74) is 2.77. The van der Waals surface area contributed by atoms with Crippen LogP contribution < -0.4 is 10.2 Å². The molecule has 106 valence electrons. The van der Waals surface area contributed by atoms with Gasteiger partial charge in [0, 0.05) is 23.8 Å². The lowest BCUT2D eigenvalue weighted by Gasteiger charge is -2.21. The molecule has 1 aromatic rings. The number of rotatable bonds is 2. The van der Waals surface area contributed by atoms with Crippen molar-refractivity contribution in [1.29, 1.82) is 0 Å². The fraction of sp³-hybridized carbons (Fsp3) is 0.500. The van der Waals surface area contributed by atoms with Gasteiger partial charge in [-0.2, -0.15) is 0 Å². The van der Waals surface area contributed by atoms with Crippen molar-refractivity contribution < 1.29 is 9.59 Å². The summed E-state index contributed by atoms with van der Waals surface area (Å²) in [7, 11) is 0. The summed E-state index contributed by atoms with van der Waals surface area (Å²) < 4.78 is 0. The maximum Gasteiger partial charge on any atom is 0.322 e. The zero-order chi connectivity index (χ0) is 14.1. The summed E-state index contributed by atoms with van der Waals surface area (Å²) in [4.78, 5) is 25.5. The zero-order valence-corrected chi connectivity index (χ0v) is 11.8. The normalized spacial score (nSPS) is 18.1. The van der Waals surface area contributed by atoms with Gasteiger partial charge in [-0.3, -0.25) is 9.69 Å². The molecule has 20 heavy (non-hydrogen) atoms. The summed E-state index contributed by atoms with van der Waals surface area (Å²) in [5.74, 6) is 0.0710. The number of urea groups is 1. The third kappa shape index (κ3) is 2.42. The molecule has 4 heteroatoms. The molecule has 1 heterocycles. The molecule has 0 unspecified atom stereocenters. The second-order valence-corrected chi connectivity index (χ2v) is 5.73. The molecule has 0 saturated heterocycles. The molecule has 1 saturated carbocycles. The minimum atomic E-state index is 0.00576. The predicted molar refractivity (Wildman–Crippen MR) is 78.3 cm³/mol. The minimum Gasteiger partial charge on any atom is -0.335 e. The number of carbonyl (C=O) groups excluding carboxylic acids is 2. The highest BCUT2D eigenvalue weighted by Gasteiger charge is 2.27. The molecule has 0 aromatic heterocycles. The Hall–Kier alpha value is -1.84. The largest absolute Gasteiger partial charge is 0.335 e. The highest BCUT2D eigenvalue weighted by atomic mass is 16.2. The lowest BCUT2D eigenvalue weighted by atomic mass is 10.1. The van der Waals surface area contributed by atoms with Crippen molar-refractivity contribution in [1.82, 2.24) is 5.32 Å². The molecule has 1 fully saturated rings. The highest BCUT2D eigenvalue weighted by molar-refractivity contribution is 5.98. The molecular weight excluding hydrogens is 252 g/mol.